The van der Waals surface area contributed by atoms with Gasteiger partial charge in [-0.1, -0.05) is 26.3 Å². The van der Waals surface area contributed by atoms with Crippen molar-refractivity contribution in [2.24, 2.45) is 5.92 Å². The van der Waals surface area contributed by atoms with Crippen molar-refractivity contribution < 1.29 is 24.5 Å². The van der Waals surface area contributed by atoms with E-state index < -0.39 is 23.0 Å². The summed E-state index contributed by atoms with van der Waals surface area (Å²) < 4.78 is 13.0. The number of ether oxygens (including phenoxy) is 2. The number of carboxylic acid groups (broad SMARTS) is 1. The molecule has 186 valence electrons. The topological polar surface area (TPSA) is 91.3 Å². The van der Waals surface area contributed by atoms with Crippen molar-refractivity contribution in [2.45, 2.75) is 81.2 Å². The average molecular weight is 503 g/mol. The van der Waals surface area contributed by atoms with Crippen molar-refractivity contribution >= 4 is 30.8 Å². The zero-order valence-corrected chi connectivity index (χ0v) is 21.3. The molecular weight excluding hydrogens is 467 g/mol. The van der Waals surface area contributed by atoms with Crippen LogP contribution in [0.1, 0.15) is 50.7 Å². The molecule has 2 unspecified atom stereocenters. The summed E-state index contributed by atoms with van der Waals surface area (Å²) in [5, 5.41) is 24.1. The van der Waals surface area contributed by atoms with Crippen LogP contribution in [0, 0.1) is 5.92 Å². The molecule has 2 aliphatic carbocycles. The Morgan fingerprint density at radius 3 is 2.73 bits per heavy atom. The van der Waals surface area contributed by atoms with Crippen LogP contribution in [-0.2, 0) is 21.4 Å². The highest BCUT2D eigenvalue weighted by atomic mass is 35.5. The van der Waals surface area contributed by atoms with Gasteiger partial charge in [0, 0.05) is 24.8 Å². The second-order valence-corrected chi connectivity index (χ2v) is 10.0. The number of phenols is 1. The van der Waals surface area contributed by atoms with Crippen molar-refractivity contribution in [2.75, 3.05) is 20.7 Å². The summed E-state index contributed by atoms with van der Waals surface area (Å²) in [6, 6.07) is 3.24. The summed E-state index contributed by atoms with van der Waals surface area (Å²) in [4.78, 5) is 14.5. The molecule has 1 saturated carbocycles. The lowest BCUT2D eigenvalue weighted by Gasteiger charge is -2.65. The molecule has 0 aromatic heterocycles. The van der Waals surface area contributed by atoms with Gasteiger partial charge < -0.3 is 24.6 Å². The van der Waals surface area contributed by atoms with E-state index in [0.29, 0.717) is 5.75 Å². The molecule has 2 heterocycles. The van der Waals surface area contributed by atoms with Crippen molar-refractivity contribution in [1.82, 2.24) is 10.2 Å². The van der Waals surface area contributed by atoms with Gasteiger partial charge in [0.15, 0.2) is 11.5 Å². The maximum atomic E-state index is 12.1. The molecule has 5 rings (SSSR count). The van der Waals surface area contributed by atoms with Gasteiger partial charge in [0.05, 0.1) is 11.0 Å². The lowest BCUT2D eigenvalue weighted by atomic mass is 9.48. The van der Waals surface area contributed by atoms with Crippen molar-refractivity contribution in [3.63, 3.8) is 0 Å². The summed E-state index contributed by atoms with van der Waals surface area (Å²) >= 11 is 0. The van der Waals surface area contributed by atoms with Gasteiger partial charge in [0.2, 0.25) is 0 Å². The van der Waals surface area contributed by atoms with Crippen LogP contribution in [0.25, 0.3) is 0 Å². The van der Waals surface area contributed by atoms with Crippen molar-refractivity contribution in [3.8, 4) is 11.5 Å². The number of carboxylic acids is 1. The third-order valence-corrected chi connectivity index (χ3v) is 8.93. The summed E-state index contributed by atoms with van der Waals surface area (Å²) in [6.07, 6.45) is 3.85. The summed E-state index contributed by atoms with van der Waals surface area (Å²) in [5.41, 5.74) is 1.52. The van der Waals surface area contributed by atoms with E-state index in [0.717, 1.165) is 44.2 Å². The number of rotatable bonds is 6. The first kappa shape index (κ1) is 26.4. The Morgan fingerprint density at radius 2 is 2.09 bits per heavy atom. The number of likely N-dealkylation sites (tertiary alicyclic amines) is 1. The number of hydrogen-bond donors (Lipinski definition) is 3. The molecule has 7 atom stereocenters. The van der Waals surface area contributed by atoms with E-state index in [1.807, 2.05) is 27.0 Å². The summed E-state index contributed by atoms with van der Waals surface area (Å²) in [7, 11) is 3.98. The largest absolute Gasteiger partial charge is 0.504 e. The van der Waals surface area contributed by atoms with E-state index in [1.165, 1.54) is 5.56 Å². The lowest BCUT2D eigenvalue weighted by molar-refractivity contribution is -0.204. The van der Waals surface area contributed by atoms with Crippen LogP contribution in [0.2, 0.25) is 0 Å². The highest BCUT2D eigenvalue weighted by molar-refractivity contribution is 5.85. The quantitative estimate of drug-likeness (QED) is 0.550. The van der Waals surface area contributed by atoms with E-state index in [9.17, 15) is 15.0 Å². The highest BCUT2D eigenvalue weighted by Gasteiger charge is 2.73. The number of phenolic OH excluding ortho intramolecular Hbond substituents is 1. The number of piperidine rings is 1. The zero-order valence-electron chi connectivity index (χ0n) is 19.7. The van der Waals surface area contributed by atoms with Crippen molar-refractivity contribution in [3.05, 3.63) is 23.3 Å². The monoisotopic (exact) mass is 502 g/mol. The standard InChI is InChI=1S/C24H34N2O5.2ClH/c1-5-13(2)19(22(28)29)25-15-8-9-24(30-4)17-12-14-6-7-16(27)20-18(14)23(24,21(15)31-20)10-11-26(17)3;;/h6-7,13,15,17,19,21,25,27H,5,8-12H2,1-4H3,(H,28,29);2*1H/t13-,15?,17+,19-,21?,23-,24+;;/m0../s1. The lowest BCUT2D eigenvalue weighted by Crippen LogP contribution is -2.78. The second-order valence-electron chi connectivity index (χ2n) is 10.0. The molecule has 1 aromatic rings. The molecule has 2 aliphatic heterocycles. The fraction of sp³-hybridized carbons (Fsp3) is 0.708. The van der Waals surface area contributed by atoms with E-state index >= 15 is 0 Å². The Hall–Kier alpha value is -1.25. The van der Waals surface area contributed by atoms with Crippen LogP contribution in [0.4, 0.5) is 0 Å². The number of hydrogen-bond acceptors (Lipinski definition) is 6. The normalized spacial score (nSPS) is 35.3. The minimum Gasteiger partial charge on any atom is -0.504 e. The Morgan fingerprint density at radius 1 is 1.36 bits per heavy atom. The van der Waals surface area contributed by atoms with Gasteiger partial charge in [0.25, 0.3) is 0 Å². The molecule has 3 N–H and O–H groups in total. The van der Waals surface area contributed by atoms with E-state index in [2.05, 4.69) is 17.3 Å². The molecule has 2 bridgehead atoms. The minimum absolute atomic E-state index is 0. The van der Waals surface area contributed by atoms with Crippen LogP contribution < -0.4 is 10.1 Å². The molecule has 7 nitrogen and oxygen atoms in total. The number of carbonyl (C=O) groups is 1. The first-order valence-electron chi connectivity index (χ1n) is 11.6. The molecule has 33 heavy (non-hydrogen) atoms. The predicted octanol–water partition coefficient (Wildman–Crippen LogP) is 3.13. The second kappa shape index (κ2) is 9.08. The van der Waals surface area contributed by atoms with Gasteiger partial charge in [-0.3, -0.25) is 10.1 Å². The number of halogens is 2. The number of methoxy groups -OCH3 is 1. The first-order chi connectivity index (χ1) is 14.8. The Kier molecular flexibility index (Phi) is 7.25. The highest BCUT2D eigenvalue weighted by Crippen LogP contribution is 2.66. The zero-order chi connectivity index (χ0) is 22.1. The molecule has 0 radical (unpaired) electrons. The third-order valence-electron chi connectivity index (χ3n) is 8.93. The van der Waals surface area contributed by atoms with Crippen LogP contribution >= 0.6 is 24.8 Å². The molecule has 2 fully saturated rings. The van der Waals surface area contributed by atoms with Crippen LogP contribution in [0.15, 0.2) is 12.1 Å². The molecule has 1 spiro atoms. The number of aromatic hydroxyl groups is 1. The number of likely N-dealkylation sites (N-methyl/N-ethyl adjacent to an activating group) is 1. The maximum absolute atomic E-state index is 12.1. The van der Waals surface area contributed by atoms with Gasteiger partial charge in [-0.25, -0.2) is 0 Å². The van der Waals surface area contributed by atoms with Crippen LogP contribution in [-0.4, -0.2) is 71.6 Å². The van der Waals surface area contributed by atoms with Gasteiger partial charge in [0.1, 0.15) is 12.1 Å². The first-order valence-corrected chi connectivity index (χ1v) is 11.6. The SMILES string of the molecule is CC[C@H](C)[C@H](NC1CC[C@@]2(OC)[C@H]3Cc4ccc(O)c5c4[C@@]2(CCN3C)C1O5)C(=O)O.Cl.Cl. The smallest absolute Gasteiger partial charge is 0.320 e. The Labute approximate surface area is 208 Å². The summed E-state index contributed by atoms with van der Waals surface area (Å²) in [5.74, 6) is -0.0655. The maximum Gasteiger partial charge on any atom is 0.320 e. The Balaban J connectivity index is 0.00000153. The predicted molar refractivity (Wildman–Crippen MR) is 130 cm³/mol. The molecule has 4 aliphatic rings. The van der Waals surface area contributed by atoms with Gasteiger partial charge in [-0.2, -0.15) is 0 Å². The number of nitrogens with one attached hydrogen (secondary N) is 1. The minimum atomic E-state index is -0.820. The molecular formula is C24H36Cl2N2O5. The van der Waals surface area contributed by atoms with Crippen LogP contribution in [0.3, 0.4) is 0 Å². The molecule has 9 heteroatoms. The molecule has 0 amide bonds. The van der Waals surface area contributed by atoms with Crippen LogP contribution in [0.5, 0.6) is 11.5 Å². The van der Waals surface area contributed by atoms with Crippen molar-refractivity contribution in [1.29, 1.82) is 0 Å². The van der Waals surface area contributed by atoms with E-state index in [4.69, 9.17) is 9.47 Å². The fourth-order valence-electron chi connectivity index (χ4n) is 7.26. The van der Waals surface area contributed by atoms with E-state index in [-0.39, 0.29) is 54.7 Å². The summed E-state index contributed by atoms with van der Waals surface area (Å²) in [6.45, 7) is 4.92. The third kappa shape index (κ3) is 3.30. The molecule has 1 aromatic carbocycles. The number of benzene rings is 1. The van der Waals surface area contributed by atoms with Gasteiger partial charge in [-0.15, -0.1) is 24.8 Å². The fourth-order valence-corrected chi connectivity index (χ4v) is 7.26. The van der Waals surface area contributed by atoms with Gasteiger partial charge >= 0.3 is 5.97 Å². The average Bonchev–Trinajstić information content (AvgIpc) is 3.12. The molecule has 1 saturated heterocycles. The Bertz CT molecular complexity index is 917. The number of nitrogens with zero attached hydrogens (tertiary/aromatic N) is 1. The van der Waals surface area contributed by atoms with E-state index in [1.54, 1.807) is 6.07 Å². The number of aliphatic carboxylic acids is 1. The van der Waals surface area contributed by atoms with Gasteiger partial charge in [-0.05, 0) is 56.8 Å².